The second kappa shape index (κ2) is 7.29. The summed E-state index contributed by atoms with van der Waals surface area (Å²) >= 11 is 0. The lowest BCUT2D eigenvalue weighted by Crippen LogP contribution is -2.12. The molecule has 0 saturated carbocycles. The molecule has 0 atom stereocenters. The Morgan fingerprint density at radius 3 is 2.70 bits per heavy atom. The quantitative estimate of drug-likeness (QED) is 0.550. The van der Waals surface area contributed by atoms with Crippen LogP contribution in [0.5, 0.6) is 0 Å². The summed E-state index contributed by atoms with van der Waals surface area (Å²) in [5.41, 5.74) is 2.52. The molecule has 0 spiro atoms. The molecule has 0 bridgehead atoms. The van der Waals surface area contributed by atoms with Gasteiger partial charge in [-0.3, -0.25) is 9.48 Å². The van der Waals surface area contributed by atoms with E-state index in [0.29, 0.717) is 22.5 Å². The normalized spacial score (nSPS) is 11.8. The maximum Gasteiger partial charge on any atom is 0.416 e. The topological polar surface area (TPSA) is 77.1 Å². The number of nitrogens with one attached hydrogen (secondary N) is 1. The minimum absolute atomic E-state index is 0.135. The lowest BCUT2D eigenvalue weighted by atomic mass is 10.1. The summed E-state index contributed by atoms with van der Waals surface area (Å²) in [7, 11) is 0. The van der Waals surface area contributed by atoms with Crippen LogP contribution in [0.25, 0.3) is 5.65 Å². The highest BCUT2D eigenvalue weighted by atomic mass is 19.4. The summed E-state index contributed by atoms with van der Waals surface area (Å²) in [6.07, 6.45) is 0.0183. The van der Waals surface area contributed by atoms with Gasteiger partial charge in [-0.2, -0.15) is 23.4 Å². The molecule has 0 aliphatic carbocycles. The molecule has 7 nitrogen and oxygen atoms in total. The van der Waals surface area contributed by atoms with E-state index in [1.165, 1.54) is 23.1 Å². The second-order valence-corrected chi connectivity index (χ2v) is 6.91. The zero-order chi connectivity index (χ0) is 21.5. The number of aromatic nitrogens is 5. The zero-order valence-electron chi connectivity index (χ0n) is 16.1. The van der Waals surface area contributed by atoms with Gasteiger partial charge in [0.15, 0.2) is 5.65 Å². The Morgan fingerprint density at radius 1 is 1.13 bits per heavy atom. The molecular formula is C20H17F3N6O. The van der Waals surface area contributed by atoms with Crippen LogP contribution in [-0.4, -0.2) is 30.3 Å². The number of fused-ring (bicyclic) bond motifs is 1. The van der Waals surface area contributed by atoms with Gasteiger partial charge >= 0.3 is 6.18 Å². The fourth-order valence-corrected chi connectivity index (χ4v) is 3.18. The molecule has 154 valence electrons. The van der Waals surface area contributed by atoms with E-state index >= 15 is 0 Å². The standard InChI is InChI=1S/C20H17F3N6O/c1-12-6-13(2)29-18(26-12)17(9-25-29)19(30)27-16-8-24-28(11-16)10-14-4-3-5-15(7-14)20(21,22)23/h3-9,11H,10H2,1-2H3,(H,27,30). The number of nitrogens with zero attached hydrogens (tertiary/aromatic N) is 5. The van der Waals surface area contributed by atoms with Crippen molar-refractivity contribution in [3.63, 3.8) is 0 Å². The van der Waals surface area contributed by atoms with Crippen LogP contribution in [0, 0.1) is 13.8 Å². The lowest BCUT2D eigenvalue weighted by Gasteiger charge is -2.08. The molecule has 0 radical (unpaired) electrons. The maximum absolute atomic E-state index is 12.9. The van der Waals surface area contributed by atoms with Crippen molar-refractivity contribution in [3.8, 4) is 0 Å². The van der Waals surface area contributed by atoms with Gasteiger partial charge in [-0.15, -0.1) is 0 Å². The molecule has 0 fully saturated rings. The van der Waals surface area contributed by atoms with Gasteiger partial charge < -0.3 is 5.32 Å². The van der Waals surface area contributed by atoms with E-state index in [1.807, 2.05) is 19.9 Å². The molecular weight excluding hydrogens is 397 g/mol. The molecule has 1 aromatic carbocycles. The van der Waals surface area contributed by atoms with Crippen molar-refractivity contribution >= 4 is 17.2 Å². The highest BCUT2D eigenvalue weighted by Crippen LogP contribution is 2.29. The van der Waals surface area contributed by atoms with Crippen molar-refractivity contribution in [2.45, 2.75) is 26.6 Å². The van der Waals surface area contributed by atoms with E-state index < -0.39 is 17.6 Å². The van der Waals surface area contributed by atoms with E-state index in [4.69, 9.17) is 0 Å². The van der Waals surface area contributed by atoms with Crippen molar-refractivity contribution in [3.05, 3.63) is 77.0 Å². The van der Waals surface area contributed by atoms with Gasteiger partial charge in [0.1, 0.15) is 5.56 Å². The molecule has 10 heteroatoms. The molecule has 0 unspecified atom stereocenters. The summed E-state index contributed by atoms with van der Waals surface area (Å²) in [6.45, 7) is 3.84. The minimum atomic E-state index is -4.40. The molecule has 4 aromatic rings. The highest BCUT2D eigenvalue weighted by molar-refractivity contribution is 6.08. The maximum atomic E-state index is 12.9. The van der Waals surface area contributed by atoms with E-state index in [9.17, 15) is 18.0 Å². The van der Waals surface area contributed by atoms with E-state index in [2.05, 4.69) is 20.5 Å². The van der Waals surface area contributed by atoms with Crippen molar-refractivity contribution < 1.29 is 18.0 Å². The predicted octanol–water partition coefficient (Wildman–Crippen LogP) is 3.86. The number of carbonyl (C=O) groups is 1. The molecule has 1 amide bonds. The Labute approximate surface area is 169 Å². The zero-order valence-corrected chi connectivity index (χ0v) is 16.1. The summed E-state index contributed by atoms with van der Waals surface area (Å²) in [6, 6.07) is 6.90. The van der Waals surface area contributed by atoms with E-state index in [-0.39, 0.29) is 6.54 Å². The molecule has 3 aromatic heterocycles. The first-order chi connectivity index (χ1) is 14.2. The molecule has 0 saturated heterocycles. The van der Waals surface area contributed by atoms with Gasteiger partial charge in [-0.1, -0.05) is 12.1 Å². The smallest absolute Gasteiger partial charge is 0.319 e. The monoisotopic (exact) mass is 414 g/mol. The van der Waals surface area contributed by atoms with Gasteiger partial charge in [0.25, 0.3) is 5.91 Å². The van der Waals surface area contributed by atoms with Crippen LogP contribution in [0.3, 0.4) is 0 Å². The predicted molar refractivity (Wildman–Crippen MR) is 103 cm³/mol. The number of carbonyl (C=O) groups excluding carboxylic acids is 1. The first kappa shape index (κ1) is 19.6. The van der Waals surface area contributed by atoms with Crippen molar-refractivity contribution in [2.24, 2.45) is 0 Å². The van der Waals surface area contributed by atoms with Gasteiger partial charge in [-0.25, -0.2) is 9.50 Å². The van der Waals surface area contributed by atoms with Crippen LogP contribution in [0.2, 0.25) is 0 Å². The summed E-state index contributed by atoms with van der Waals surface area (Å²) in [4.78, 5) is 17.0. The first-order valence-electron chi connectivity index (χ1n) is 9.02. The van der Waals surface area contributed by atoms with Gasteiger partial charge in [0.05, 0.1) is 30.2 Å². The number of anilines is 1. The average molecular weight is 414 g/mol. The molecule has 0 aliphatic rings. The molecule has 3 heterocycles. The van der Waals surface area contributed by atoms with E-state index in [0.717, 1.165) is 23.5 Å². The Hall–Kier alpha value is -3.69. The lowest BCUT2D eigenvalue weighted by molar-refractivity contribution is -0.137. The fourth-order valence-electron chi connectivity index (χ4n) is 3.18. The van der Waals surface area contributed by atoms with Gasteiger partial charge in [0, 0.05) is 17.6 Å². The van der Waals surface area contributed by atoms with E-state index in [1.54, 1.807) is 16.8 Å². The SMILES string of the molecule is Cc1cc(C)n2ncc(C(=O)Nc3cnn(Cc4cccc(C(F)(F)F)c4)c3)c2n1. The third kappa shape index (κ3) is 3.88. The third-order valence-electron chi connectivity index (χ3n) is 4.51. The number of aryl methyl sites for hydroxylation is 2. The van der Waals surface area contributed by atoms with Gasteiger partial charge in [0.2, 0.25) is 0 Å². The average Bonchev–Trinajstić information content (AvgIpc) is 3.28. The Bertz CT molecular complexity index is 1240. The number of hydrogen-bond acceptors (Lipinski definition) is 4. The van der Waals surface area contributed by atoms with Crippen LogP contribution in [-0.2, 0) is 12.7 Å². The summed E-state index contributed by atoms with van der Waals surface area (Å²) < 4.78 is 41.6. The van der Waals surface area contributed by atoms with Crippen molar-refractivity contribution in [2.75, 3.05) is 5.32 Å². The molecule has 4 rings (SSSR count). The largest absolute Gasteiger partial charge is 0.416 e. The Balaban J connectivity index is 1.51. The first-order valence-corrected chi connectivity index (χ1v) is 9.02. The van der Waals surface area contributed by atoms with Crippen LogP contribution >= 0.6 is 0 Å². The van der Waals surface area contributed by atoms with Crippen molar-refractivity contribution in [1.29, 1.82) is 0 Å². The number of hydrogen-bond donors (Lipinski definition) is 1. The Morgan fingerprint density at radius 2 is 1.93 bits per heavy atom. The fraction of sp³-hybridized carbons (Fsp3) is 0.200. The van der Waals surface area contributed by atoms with Gasteiger partial charge in [-0.05, 0) is 37.6 Å². The number of halogens is 3. The number of benzene rings is 1. The summed E-state index contributed by atoms with van der Waals surface area (Å²) in [5.74, 6) is -0.402. The third-order valence-corrected chi connectivity index (χ3v) is 4.51. The number of rotatable bonds is 4. The molecule has 0 aliphatic heterocycles. The van der Waals surface area contributed by atoms with Crippen LogP contribution in [0.1, 0.15) is 32.9 Å². The van der Waals surface area contributed by atoms with Crippen LogP contribution < -0.4 is 5.32 Å². The second-order valence-electron chi connectivity index (χ2n) is 6.91. The summed E-state index contributed by atoms with van der Waals surface area (Å²) in [5, 5.41) is 11.0. The minimum Gasteiger partial charge on any atom is -0.319 e. The Kier molecular flexibility index (Phi) is 4.76. The highest BCUT2D eigenvalue weighted by Gasteiger charge is 2.30. The van der Waals surface area contributed by atoms with Crippen molar-refractivity contribution in [1.82, 2.24) is 24.4 Å². The number of amides is 1. The molecule has 30 heavy (non-hydrogen) atoms. The number of alkyl halides is 3. The molecule has 1 N–H and O–H groups in total. The van der Waals surface area contributed by atoms with Crippen LogP contribution in [0.15, 0.2) is 48.9 Å². The van der Waals surface area contributed by atoms with Crippen LogP contribution in [0.4, 0.5) is 18.9 Å².